The Labute approximate surface area is 182 Å². The lowest BCUT2D eigenvalue weighted by Crippen LogP contribution is -2.38. The molecule has 31 heavy (non-hydrogen) atoms. The number of rotatable bonds is 6. The molecule has 2 fully saturated rings. The molecule has 1 atom stereocenters. The van der Waals surface area contributed by atoms with E-state index in [0.717, 1.165) is 67.0 Å². The van der Waals surface area contributed by atoms with E-state index in [1.807, 2.05) is 43.2 Å². The van der Waals surface area contributed by atoms with Gasteiger partial charge in [0, 0.05) is 54.8 Å². The normalized spacial score (nSPS) is 20.7. The van der Waals surface area contributed by atoms with Gasteiger partial charge in [-0.2, -0.15) is 5.10 Å². The van der Waals surface area contributed by atoms with E-state index in [4.69, 9.17) is 4.98 Å². The highest BCUT2D eigenvalue weighted by Gasteiger charge is 2.40. The second-order valence-corrected chi connectivity index (χ2v) is 9.66. The fraction of sp³-hybridized carbons (Fsp3) is 0.500. The van der Waals surface area contributed by atoms with Crippen molar-refractivity contribution < 1.29 is 5.11 Å². The summed E-state index contributed by atoms with van der Waals surface area (Å²) in [5, 5.41) is 16.1. The number of hydrogen-bond acceptors (Lipinski definition) is 6. The van der Waals surface area contributed by atoms with Crippen molar-refractivity contribution >= 4 is 23.4 Å². The molecule has 1 saturated carbocycles. The van der Waals surface area contributed by atoms with Crippen molar-refractivity contribution in [1.29, 1.82) is 0 Å². The van der Waals surface area contributed by atoms with Crippen LogP contribution >= 0.6 is 0 Å². The van der Waals surface area contributed by atoms with E-state index in [1.165, 1.54) is 6.42 Å². The Morgan fingerprint density at radius 2 is 2.10 bits per heavy atom. The molecule has 0 spiro atoms. The summed E-state index contributed by atoms with van der Waals surface area (Å²) in [7, 11) is 0. The fourth-order valence-electron chi connectivity index (χ4n) is 4.99. The third kappa shape index (κ3) is 3.51. The predicted octanol–water partition coefficient (Wildman–Crippen LogP) is 3.54. The molecule has 0 aromatic carbocycles. The average Bonchev–Trinajstić information content (AvgIpc) is 3.37. The number of pyridine rings is 2. The molecule has 3 aromatic rings. The van der Waals surface area contributed by atoms with Gasteiger partial charge in [0.25, 0.3) is 0 Å². The minimum absolute atomic E-state index is 0.0239. The van der Waals surface area contributed by atoms with Gasteiger partial charge in [-0.25, -0.2) is 9.67 Å². The first-order valence-electron chi connectivity index (χ1n) is 11.1. The van der Waals surface area contributed by atoms with E-state index in [-0.39, 0.29) is 11.3 Å². The van der Waals surface area contributed by atoms with Crippen LogP contribution in [0.5, 0.6) is 0 Å². The highest BCUT2D eigenvalue weighted by molar-refractivity contribution is 5.80. The maximum absolute atomic E-state index is 10.4. The molecular formula is C24H30N6O. The molecular weight excluding hydrogens is 388 g/mol. The van der Waals surface area contributed by atoms with E-state index in [2.05, 4.69) is 38.8 Å². The summed E-state index contributed by atoms with van der Waals surface area (Å²) in [6, 6.07) is 6.25. The van der Waals surface area contributed by atoms with Crippen molar-refractivity contribution in [2.75, 3.05) is 24.5 Å². The Kier molecular flexibility index (Phi) is 4.81. The molecule has 5 rings (SSSR count). The summed E-state index contributed by atoms with van der Waals surface area (Å²) in [6.45, 7) is 9.93. The van der Waals surface area contributed by atoms with Gasteiger partial charge in [0.15, 0.2) is 0 Å². The van der Waals surface area contributed by atoms with Gasteiger partial charge in [-0.05, 0) is 52.0 Å². The minimum Gasteiger partial charge on any atom is -0.390 e. The average molecular weight is 419 g/mol. The first-order chi connectivity index (χ1) is 14.9. The Hall–Kier alpha value is -2.80. The summed E-state index contributed by atoms with van der Waals surface area (Å²) >= 11 is 0. The molecule has 3 aromatic heterocycles. The van der Waals surface area contributed by atoms with Crippen LogP contribution in [0.4, 0.5) is 5.82 Å². The van der Waals surface area contributed by atoms with Crippen LogP contribution in [0.3, 0.4) is 0 Å². The number of aromatic nitrogens is 4. The van der Waals surface area contributed by atoms with E-state index in [1.54, 1.807) is 0 Å². The quantitative estimate of drug-likeness (QED) is 0.620. The lowest BCUT2D eigenvalue weighted by atomic mass is 9.66. The van der Waals surface area contributed by atoms with Gasteiger partial charge in [0.1, 0.15) is 5.82 Å². The largest absolute Gasteiger partial charge is 0.390 e. The number of hydrogen-bond donors (Lipinski definition) is 1. The molecule has 162 valence electrons. The second kappa shape index (κ2) is 7.41. The zero-order valence-electron chi connectivity index (χ0n) is 18.3. The molecule has 7 nitrogen and oxygen atoms in total. The number of fused-ring (bicyclic) bond motifs is 1. The van der Waals surface area contributed by atoms with Crippen LogP contribution < -0.4 is 4.90 Å². The lowest BCUT2D eigenvalue weighted by molar-refractivity contribution is 0.0263. The van der Waals surface area contributed by atoms with Crippen LogP contribution in [0.1, 0.15) is 45.2 Å². The molecule has 0 bridgehead atoms. The lowest BCUT2D eigenvalue weighted by Gasteiger charge is -2.40. The Morgan fingerprint density at radius 3 is 2.77 bits per heavy atom. The smallest absolute Gasteiger partial charge is 0.130 e. The van der Waals surface area contributed by atoms with Gasteiger partial charge in [0.05, 0.1) is 28.7 Å². The number of aliphatic imine (C=N–C) groups is 1. The van der Waals surface area contributed by atoms with E-state index in [9.17, 15) is 5.11 Å². The topological polar surface area (TPSA) is 79.4 Å². The summed E-state index contributed by atoms with van der Waals surface area (Å²) in [6.07, 6.45) is 10.0. The van der Waals surface area contributed by atoms with Crippen molar-refractivity contribution in [3.8, 4) is 5.69 Å². The maximum atomic E-state index is 10.4. The van der Waals surface area contributed by atoms with E-state index < -0.39 is 5.60 Å². The van der Waals surface area contributed by atoms with Crippen LogP contribution in [-0.2, 0) is 5.41 Å². The van der Waals surface area contributed by atoms with Crippen LogP contribution in [0.2, 0.25) is 0 Å². The molecule has 4 heterocycles. The molecule has 1 aliphatic carbocycles. The summed E-state index contributed by atoms with van der Waals surface area (Å²) in [4.78, 5) is 15.8. The molecule has 0 radical (unpaired) electrons. The van der Waals surface area contributed by atoms with Gasteiger partial charge in [-0.3, -0.25) is 9.98 Å². The number of aliphatic hydroxyl groups is 1. The third-order valence-electron chi connectivity index (χ3n) is 7.21. The van der Waals surface area contributed by atoms with Crippen molar-refractivity contribution in [3.05, 3.63) is 42.5 Å². The summed E-state index contributed by atoms with van der Waals surface area (Å²) in [5.74, 6) is 1.17. The van der Waals surface area contributed by atoms with E-state index in [0.29, 0.717) is 0 Å². The minimum atomic E-state index is -0.675. The maximum Gasteiger partial charge on any atom is 0.130 e. The second-order valence-electron chi connectivity index (χ2n) is 9.66. The van der Waals surface area contributed by atoms with Crippen molar-refractivity contribution in [3.63, 3.8) is 0 Å². The molecule has 0 unspecified atom stereocenters. The molecule has 1 aliphatic heterocycles. The Morgan fingerprint density at radius 1 is 1.26 bits per heavy atom. The first-order valence-corrected chi connectivity index (χ1v) is 11.1. The summed E-state index contributed by atoms with van der Waals surface area (Å²) < 4.78 is 1.98. The zero-order valence-corrected chi connectivity index (χ0v) is 18.3. The molecule has 2 aliphatic rings. The SMILES string of the molecule is C=NCC1(c2cc3c(cn2)cnn3-c2ccnc(N3CC[C@@H](C(C)(C)O)C3)c2)CCC1. The van der Waals surface area contributed by atoms with Crippen LogP contribution in [0, 0.1) is 5.92 Å². The van der Waals surface area contributed by atoms with Crippen molar-refractivity contribution in [1.82, 2.24) is 19.7 Å². The summed E-state index contributed by atoms with van der Waals surface area (Å²) in [5.41, 5.74) is 2.46. The fourth-order valence-corrected chi connectivity index (χ4v) is 4.99. The highest BCUT2D eigenvalue weighted by atomic mass is 16.3. The monoisotopic (exact) mass is 418 g/mol. The van der Waals surface area contributed by atoms with Crippen LogP contribution in [0.25, 0.3) is 16.6 Å². The van der Waals surface area contributed by atoms with Gasteiger partial charge in [0.2, 0.25) is 0 Å². The van der Waals surface area contributed by atoms with Gasteiger partial charge in [-0.1, -0.05) is 6.42 Å². The molecule has 0 amide bonds. The third-order valence-corrected chi connectivity index (χ3v) is 7.21. The number of anilines is 1. The van der Waals surface area contributed by atoms with Crippen LogP contribution in [-0.4, -0.2) is 56.8 Å². The Bertz CT molecular complexity index is 1110. The van der Waals surface area contributed by atoms with Gasteiger partial charge >= 0.3 is 0 Å². The molecule has 1 saturated heterocycles. The van der Waals surface area contributed by atoms with Gasteiger partial charge < -0.3 is 10.0 Å². The Balaban J connectivity index is 1.48. The zero-order chi connectivity index (χ0) is 21.6. The van der Waals surface area contributed by atoms with Crippen LogP contribution in [0.15, 0.2) is 41.8 Å². The van der Waals surface area contributed by atoms with Gasteiger partial charge in [-0.15, -0.1) is 0 Å². The highest BCUT2D eigenvalue weighted by Crippen LogP contribution is 2.43. The predicted molar refractivity (Wildman–Crippen MR) is 123 cm³/mol. The standard InChI is InChI=1S/C24H30N6O/c1-23(2,31)18-6-10-29(15-18)22-11-19(5-9-26-22)30-20-12-21(27-13-17(20)14-28-30)24(16-25-3)7-4-8-24/h5,9,11-14,18,31H,3-4,6-8,10,15-16H2,1-2H3/t18-/m1/s1. The van der Waals surface area contributed by atoms with Crippen molar-refractivity contribution in [2.24, 2.45) is 10.9 Å². The van der Waals surface area contributed by atoms with Crippen molar-refractivity contribution in [2.45, 2.75) is 50.5 Å². The molecule has 1 N–H and O–H groups in total. The van der Waals surface area contributed by atoms with E-state index >= 15 is 0 Å². The molecule has 7 heteroatoms. The first kappa shape index (κ1) is 20.1. The number of nitrogens with zero attached hydrogens (tertiary/aromatic N) is 6.